The second-order valence-electron chi connectivity index (χ2n) is 8.05. The zero-order chi connectivity index (χ0) is 23.3. The molecular weight excluding hydrogens is 405 g/mol. The number of carbonyl (C=O) groups is 1. The maximum absolute atomic E-state index is 15.5. The van der Waals surface area contributed by atoms with E-state index < -0.39 is 6.10 Å². The highest BCUT2D eigenvalue weighted by Crippen LogP contribution is 2.38. The van der Waals surface area contributed by atoms with Gasteiger partial charge in [0.05, 0.1) is 12.3 Å². The molecule has 2 aromatic rings. The number of para-hydroxylation sites is 2. The fourth-order valence-electron chi connectivity index (χ4n) is 4.42. The predicted molar refractivity (Wildman–Crippen MR) is 128 cm³/mol. The van der Waals surface area contributed by atoms with E-state index >= 15 is 4.39 Å². The molecule has 1 N–H and O–H groups in total. The molecule has 1 heterocycles. The number of amides is 1. The number of halogens is 1. The van der Waals surface area contributed by atoms with Crippen molar-refractivity contribution < 1.29 is 18.7 Å². The Kier molecular flexibility index (Phi) is 7.94. The first-order valence-electron chi connectivity index (χ1n) is 11.7. The van der Waals surface area contributed by atoms with Gasteiger partial charge in [0.15, 0.2) is 17.7 Å². The predicted octanol–water partition coefficient (Wildman–Crippen LogP) is 6.49. The van der Waals surface area contributed by atoms with Crippen LogP contribution in [0.15, 0.2) is 30.8 Å². The van der Waals surface area contributed by atoms with Gasteiger partial charge in [0.1, 0.15) is 5.75 Å². The molecule has 0 saturated carbocycles. The Morgan fingerprint density at radius 3 is 2.44 bits per heavy atom. The summed E-state index contributed by atoms with van der Waals surface area (Å²) in [5.74, 6) is 0.592. The van der Waals surface area contributed by atoms with E-state index in [4.69, 9.17) is 9.47 Å². The van der Waals surface area contributed by atoms with Crippen LogP contribution in [0.1, 0.15) is 69.2 Å². The average Bonchev–Trinajstić information content (AvgIpc) is 2.81. The van der Waals surface area contributed by atoms with Gasteiger partial charge in [-0.15, -0.1) is 0 Å². The van der Waals surface area contributed by atoms with Crippen LogP contribution in [0.3, 0.4) is 0 Å². The lowest BCUT2D eigenvalue weighted by Gasteiger charge is -2.26. The zero-order valence-electron chi connectivity index (χ0n) is 19.6. The van der Waals surface area contributed by atoms with Crippen molar-refractivity contribution in [3.05, 3.63) is 58.9 Å². The number of rotatable bonds is 10. The normalized spacial score (nSPS) is 15.0. The molecule has 0 bridgehead atoms. The summed E-state index contributed by atoms with van der Waals surface area (Å²) in [6.45, 7) is 12.7. The van der Waals surface area contributed by atoms with Crippen molar-refractivity contribution in [2.45, 2.75) is 72.3 Å². The zero-order valence-corrected chi connectivity index (χ0v) is 19.6. The first-order chi connectivity index (χ1) is 15.5. The number of ether oxygens (including phenoxy) is 2. The van der Waals surface area contributed by atoms with E-state index in [0.29, 0.717) is 49.5 Å². The van der Waals surface area contributed by atoms with Gasteiger partial charge in [0.2, 0.25) is 0 Å². The molecule has 172 valence electrons. The molecule has 0 aromatic heterocycles. The summed E-state index contributed by atoms with van der Waals surface area (Å²) in [5, 5.41) is 2.88. The van der Waals surface area contributed by atoms with Gasteiger partial charge in [-0.2, -0.15) is 0 Å². The Hall–Kier alpha value is -2.82. The fourth-order valence-corrected chi connectivity index (χ4v) is 4.42. The van der Waals surface area contributed by atoms with Crippen molar-refractivity contribution in [3.8, 4) is 11.5 Å². The number of hydrogen-bond acceptors (Lipinski definition) is 3. The Balaban J connectivity index is 1.76. The minimum absolute atomic E-state index is 0.161. The molecule has 0 radical (unpaired) electrons. The molecule has 5 heteroatoms. The summed E-state index contributed by atoms with van der Waals surface area (Å²) >= 11 is 0. The summed E-state index contributed by atoms with van der Waals surface area (Å²) in [5.41, 5.74) is 5.43. The number of anilines is 1. The molecule has 1 atom stereocenters. The quantitative estimate of drug-likeness (QED) is 0.430. The van der Waals surface area contributed by atoms with Crippen molar-refractivity contribution in [1.29, 1.82) is 0 Å². The van der Waals surface area contributed by atoms with E-state index in [1.165, 1.54) is 0 Å². The summed E-state index contributed by atoms with van der Waals surface area (Å²) < 4.78 is 27.4. The maximum atomic E-state index is 15.5. The molecule has 0 fully saturated rings. The Labute approximate surface area is 190 Å². The number of benzene rings is 2. The number of allylic oxidation sites excluding steroid dienone is 1. The van der Waals surface area contributed by atoms with Gasteiger partial charge < -0.3 is 14.8 Å². The molecule has 3 rings (SSSR count). The smallest absolute Gasteiger partial charge is 0.265 e. The second kappa shape index (κ2) is 10.7. The topological polar surface area (TPSA) is 47.6 Å². The van der Waals surface area contributed by atoms with E-state index in [1.54, 1.807) is 0 Å². The van der Waals surface area contributed by atoms with Crippen molar-refractivity contribution in [1.82, 2.24) is 0 Å². The molecule has 0 spiro atoms. The Bertz CT molecular complexity index is 999. The van der Waals surface area contributed by atoms with Crippen LogP contribution in [-0.4, -0.2) is 18.6 Å². The molecular formula is C27H34FNO3. The van der Waals surface area contributed by atoms with Gasteiger partial charge in [-0.3, -0.25) is 4.79 Å². The third kappa shape index (κ3) is 4.67. The minimum atomic E-state index is -0.576. The summed E-state index contributed by atoms with van der Waals surface area (Å²) in [4.78, 5) is 12.3. The number of hydrogen-bond donors (Lipinski definition) is 1. The van der Waals surface area contributed by atoms with E-state index in [9.17, 15) is 4.79 Å². The maximum Gasteiger partial charge on any atom is 0.265 e. The van der Waals surface area contributed by atoms with Gasteiger partial charge in [-0.25, -0.2) is 4.39 Å². The number of nitrogens with one attached hydrogen (secondary N) is 1. The highest BCUT2D eigenvalue weighted by Gasteiger charge is 2.27. The Morgan fingerprint density at radius 1 is 1.09 bits per heavy atom. The van der Waals surface area contributed by atoms with Crippen LogP contribution in [-0.2, 0) is 24.1 Å². The van der Waals surface area contributed by atoms with Crippen LogP contribution in [0.2, 0.25) is 0 Å². The van der Waals surface area contributed by atoms with Crippen LogP contribution < -0.4 is 14.8 Å². The van der Waals surface area contributed by atoms with Crippen molar-refractivity contribution in [2.24, 2.45) is 0 Å². The van der Waals surface area contributed by atoms with Crippen molar-refractivity contribution >= 4 is 17.2 Å². The van der Waals surface area contributed by atoms with E-state index in [-0.39, 0.29) is 11.7 Å². The van der Waals surface area contributed by atoms with Crippen LogP contribution >= 0.6 is 0 Å². The first kappa shape index (κ1) is 23.8. The van der Waals surface area contributed by atoms with Gasteiger partial charge in [-0.05, 0) is 72.9 Å². The molecule has 0 aliphatic carbocycles. The van der Waals surface area contributed by atoms with Crippen LogP contribution in [0.5, 0.6) is 11.5 Å². The lowest BCUT2D eigenvalue weighted by atomic mass is 9.86. The van der Waals surface area contributed by atoms with Gasteiger partial charge in [-0.1, -0.05) is 46.4 Å². The lowest BCUT2D eigenvalue weighted by molar-refractivity contribution is -0.123. The van der Waals surface area contributed by atoms with Crippen LogP contribution in [0.4, 0.5) is 10.1 Å². The fraction of sp³-hybridized carbons (Fsp3) is 0.444. The highest BCUT2D eigenvalue weighted by molar-refractivity contribution is 5.97. The van der Waals surface area contributed by atoms with Crippen LogP contribution in [0, 0.1) is 5.82 Å². The number of fused-ring (bicyclic) bond motifs is 1. The largest absolute Gasteiger partial charge is 0.490 e. The molecule has 1 aliphatic heterocycles. The molecule has 0 saturated heterocycles. The molecule has 1 amide bonds. The van der Waals surface area contributed by atoms with Crippen molar-refractivity contribution in [3.63, 3.8) is 0 Å². The average molecular weight is 440 g/mol. The Morgan fingerprint density at radius 2 is 1.78 bits per heavy atom. The van der Waals surface area contributed by atoms with Gasteiger partial charge >= 0.3 is 0 Å². The van der Waals surface area contributed by atoms with E-state index in [0.717, 1.165) is 40.7 Å². The molecule has 1 unspecified atom stereocenters. The summed E-state index contributed by atoms with van der Waals surface area (Å²) in [7, 11) is 0. The molecule has 2 aromatic carbocycles. The van der Waals surface area contributed by atoms with Gasteiger partial charge in [0, 0.05) is 5.56 Å². The standard InChI is InChI=1S/C27H34FNO3/c1-6-17(5)24-18(7-2)19(8-3)25(28)26(20(24)9-4)31-16-12-15-23-27(30)29-21-13-10-11-14-22(21)32-23/h10-11,13-14,23H,5-9,12,15-16H2,1-4H3,(H,29,30). The SMILES string of the molecule is C=C(CC)c1c(CC)c(CC)c(F)c(OCCCC2Oc3ccccc3NC2=O)c1CC. The first-order valence-corrected chi connectivity index (χ1v) is 11.7. The highest BCUT2D eigenvalue weighted by atomic mass is 19.1. The molecule has 32 heavy (non-hydrogen) atoms. The number of carbonyl (C=O) groups excluding carboxylic acids is 1. The summed E-state index contributed by atoms with van der Waals surface area (Å²) in [6.07, 6.45) is 3.33. The third-order valence-corrected chi connectivity index (χ3v) is 6.11. The van der Waals surface area contributed by atoms with E-state index in [1.807, 2.05) is 38.1 Å². The van der Waals surface area contributed by atoms with Gasteiger partial charge in [0.25, 0.3) is 5.91 Å². The van der Waals surface area contributed by atoms with Crippen molar-refractivity contribution in [2.75, 3.05) is 11.9 Å². The molecule has 1 aliphatic rings. The monoisotopic (exact) mass is 439 g/mol. The third-order valence-electron chi connectivity index (χ3n) is 6.11. The van der Waals surface area contributed by atoms with Crippen LogP contribution in [0.25, 0.3) is 5.57 Å². The summed E-state index contributed by atoms with van der Waals surface area (Å²) in [6, 6.07) is 7.38. The minimum Gasteiger partial charge on any atom is -0.490 e. The lowest BCUT2D eigenvalue weighted by Crippen LogP contribution is -2.37. The van der Waals surface area contributed by atoms with E-state index in [2.05, 4.69) is 25.7 Å². The second-order valence-corrected chi connectivity index (χ2v) is 8.05. The molecule has 4 nitrogen and oxygen atoms in total.